The smallest absolute Gasteiger partial charge is 0.0693 e. The van der Waals surface area contributed by atoms with Gasteiger partial charge in [-0.1, -0.05) is 56.3 Å². The summed E-state index contributed by atoms with van der Waals surface area (Å²) in [5.41, 5.74) is 1.03. The van der Waals surface area contributed by atoms with Crippen LogP contribution in [0.25, 0.3) is 10.8 Å². The van der Waals surface area contributed by atoms with E-state index in [-0.39, 0.29) is 5.41 Å². The van der Waals surface area contributed by atoms with Crippen LogP contribution in [-0.4, -0.2) is 10.7 Å². The fraction of sp³-hybridized carbons (Fsp3) is 0.444. The second kappa shape index (κ2) is 4.35. The molecule has 2 aromatic rings. The van der Waals surface area contributed by atoms with Crippen molar-refractivity contribution in [3.8, 4) is 0 Å². The van der Waals surface area contributed by atoms with E-state index in [1.54, 1.807) is 0 Å². The first-order valence-corrected chi connectivity index (χ1v) is 7.17. The number of aliphatic hydroxyl groups is 1. The first-order chi connectivity index (χ1) is 8.98. The molecule has 0 saturated heterocycles. The summed E-state index contributed by atoms with van der Waals surface area (Å²) < 4.78 is 0. The van der Waals surface area contributed by atoms with Gasteiger partial charge in [0.25, 0.3) is 0 Å². The van der Waals surface area contributed by atoms with E-state index in [9.17, 15) is 5.11 Å². The van der Waals surface area contributed by atoms with Crippen LogP contribution in [0.15, 0.2) is 42.5 Å². The SMILES string of the molecule is CC1(C)CCC(O)(Cc2cccc3ccccc23)C1. The minimum absolute atomic E-state index is 0.277. The van der Waals surface area contributed by atoms with Gasteiger partial charge in [-0.3, -0.25) is 0 Å². The average molecular weight is 254 g/mol. The molecule has 0 aromatic heterocycles. The van der Waals surface area contributed by atoms with Crippen LogP contribution >= 0.6 is 0 Å². The van der Waals surface area contributed by atoms with Crippen LogP contribution < -0.4 is 0 Å². The lowest BCUT2D eigenvalue weighted by Crippen LogP contribution is -2.29. The number of benzene rings is 2. The molecule has 1 saturated carbocycles. The van der Waals surface area contributed by atoms with Gasteiger partial charge in [-0.05, 0) is 41.0 Å². The lowest BCUT2D eigenvalue weighted by atomic mass is 9.85. The van der Waals surface area contributed by atoms with E-state index in [0.29, 0.717) is 0 Å². The van der Waals surface area contributed by atoms with E-state index in [4.69, 9.17) is 0 Å². The summed E-state index contributed by atoms with van der Waals surface area (Å²) in [6.45, 7) is 4.52. The fourth-order valence-electron chi connectivity index (χ4n) is 3.59. The van der Waals surface area contributed by atoms with E-state index < -0.39 is 5.60 Å². The highest BCUT2D eigenvalue weighted by molar-refractivity contribution is 5.85. The van der Waals surface area contributed by atoms with Crippen molar-refractivity contribution in [3.63, 3.8) is 0 Å². The van der Waals surface area contributed by atoms with E-state index in [0.717, 1.165) is 25.7 Å². The van der Waals surface area contributed by atoms with Crippen molar-refractivity contribution in [1.29, 1.82) is 0 Å². The molecule has 0 heterocycles. The molecule has 1 nitrogen and oxygen atoms in total. The van der Waals surface area contributed by atoms with E-state index in [1.807, 2.05) is 0 Å². The van der Waals surface area contributed by atoms with Crippen LogP contribution in [-0.2, 0) is 6.42 Å². The maximum absolute atomic E-state index is 10.8. The molecule has 1 fully saturated rings. The fourth-order valence-corrected chi connectivity index (χ4v) is 3.59. The summed E-state index contributed by atoms with van der Waals surface area (Å²) in [5, 5.41) is 13.4. The summed E-state index contributed by atoms with van der Waals surface area (Å²) in [7, 11) is 0. The number of rotatable bonds is 2. The average Bonchev–Trinajstić information content (AvgIpc) is 2.64. The molecule has 0 spiro atoms. The van der Waals surface area contributed by atoms with Gasteiger partial charge in [-0.2, -0.15) is 0 Å². The first-order valence-electron chi connectivity index (χ1n) is 7.17. The number of hydrogen-bond donors (Lipinski definition) is 1. The van der Waals surface area contributed by atoms with Gasteiger partial charge in [0.2, 0.25) is 0 Å². The first kappa shape index (κ1) is 12.7. The third-order valence-corrected chi connectivity index (χ3v) is 4.47. The van der Waals surface area contributed by atoms with Crippen molar-refractivity contribution in [2.45, 2.75) is 45.1 Å². The normalized spacial score (nSPS) is 25.8. The van der Waals surface area contributed by atoms with Crippen molar-refractivity contribution in [2.75, 3.05) is 0 Å². The van der Waals surface area contributed by atoms with Crippen LogP contribution in [0.3, 0.4) is 0 Å². The molecule has 100 valence electrons. The lowest BCUT2D eigenvalue weighted by molar-refractivity contribution is 0.0382. The van der Waals surface area contributed by atoms with Gasteiger partial charge < -0.3 is 5.11 Å². The van der Waals surface area contributed by atoms with Gasteiger partial charge in [0.05, 0.1) is 5.60 Å². The molecule has 0 amide bonds. The Bertz CT molecular complexity index is 594. The molecule has 19 heavy (non-hydrogen) atoms. The third-order valence-electron chi connectivity index (χ3n) is 4.47. The van der Waals surface area contributed by atoms with Crippen molar-refractivity contribution in [3.05, 3.63) is 48.0 Å². The number of fused-ring (bicyclic) bond motifs is 1. The molecule has 1 aliphatic rings. The Hall–Kier alpha value is -1.34. The van der Waals surface area contributed by atoms with Crippen LogP contribution in [0.2, 0.25) is 0 Å². The monoisotopic (exact) mass is 254 g/mol. The van der Waals surface area contributed by atoms with E-state index in [1.165, 1.54) is 16.3 Å². The van der Waals surface area contributed by atoms with Crippen LogP contribution in [0.4, 0.5) is 0 Å². The Morgan fingerprint density at radius 3 is 2.47 bits per heavy atom. The van der Waals surface area contributed by atoms with E-state index in [2.05, 4.69) is 56.3 Å². The molecule has 0 bridgehead atoms. The van der Waals surface area contributed by atoms with Crippen LogP contribution in [0, 0.1) is 5.41 Å². The van der Waals surface area contributed by atoms with Gasteiger partial charge >= 0.3 is 0 Å². The summed E-state index contributed by atoms with van der Waals surface area (Å²) in [6, 6.07) is 14.8. The molecule has 0 aliphatic heterocycles. The van der Waals surface area contributed by atoms with E-state index >= 15 is 0 Å². The summed E-state index contributed by atoms with van der Waals surface area (Å²) in [6.07, 6.45) is 3.72. The maximum atomic E-state index is 10.8. The second-order valence-corrected chi connectivity index (χ2v) is 6.88. The Labute approximate surface area is 115 Å². The van der Waals surface area contributed by atoms with Gasteiger partial charge in [-0.25, -0.2) is 0 Å². The number of hydrogen-bond acceptors (Lipinski definition) is 1. The lowest BCUT2D eigenvalue weighted by Gasteiger charge is -2.26. The Balaban J connectivity index is 1.94. The Morgan fingerprint density at radius 1 is 1.00 bits per heavy atom. The van der Waals surface area contributed by atoms with Gasteiger partial charge in [0.15, 0.2) is 0 Å². The largest absolute Gasteiger partial charge is 0.390 e. The third kappa shape index (κ3) is 2.52. The second-order valence-electron chi connectivity index (χ2n) is 6.88. The molecule has 3 rings (SSSR count). The highest BCUT2D eigenvalue weighted by Crippen LogP contribution is 2.45. The van der Waals surface area contributed by atoms with Crippen LogP contribution in [0.1, 0.15) is 38.7 Å². The molecule has 1 heteroatoms. The molecule has 2 aromatic carbocycles. The zero-order chi connectivity index (χ0) is 13.5. The Kier molecular flexibility index (Phi) is 2.90. The van der Waals surface area contributed by atoms with Gasteiger partial charge in [0.1, 0.15) is 0 Å². The minimum atomic E-state index is -0.520. The maximum Gasteiger partial charge on any atom is 0.0693 e. The van der Waals surface area contributed by atoms with Crippen LogP contribution in [0.5, 0.6) is 0 Å². The topological polar surface area (TPSA) is 20.2 Å². The standard InChI is InChI=1S/C18H22O/c1-17(2)10-11-18(19,13-17)12-15-8-5-7-14-6-3-4-9-16(14)15/h3-9,19H,10-13H2,1-2H3. The van der Waals surface area contributed by atoms with Gasteiger partial charge in [0, 0.05) is 6.42 Å². The molecule has 1 N–H and O–H groups in total. The molecule has 1 unspecified atom stereocenters. The summed E-state index contributed by atoms with van der Waals surface area (Å²) in [5.74, 6) is 0. The molecule has 0 radical (unpaired) electrons. The van der Waals surface area contributed by atoms with Crippen molar-refractivity contribution in [1.82, 2.24) is 0 Å². The molecule has 1 aliphatic carbocycles. The molecule has 1 atom stereocenters. The zero-order valence-electron chi connectivity index (χ0n) is 11.8. The minimum Gasteiger partial charge on any atom is -0.390 e. The molecular weight excluding hydrogens is 232 g/mol. The zero-order valence-corrected chi connectivity index (χ0v) is 11.8. The highest BCUT2D eigenvalue weighted by atomic mass is 16.3. The van der Waals surface area contributed by atoms with Crippen molar-refractivity contribution < 1.29 is 5.11 Å². The van der Waals surface area contributed by atoms with Crippen molar-refractivity contribution >= 4 is 10.8 Å². The van der Waals surface area contributed by atoms with Crippen molar-refractivity contribution in [2.24, 2.45) is 5.41 Å². The predicted octanol–water partition coefficient (Wildman–Crippen LogP) is 4.32. The van der Waals surface area contributed by atoms with Gasteiger partial charge in [-0.15, -0.1) is 0 Å². The quantitative estimate of drug-likeness (QED) is 0.846. The summed E-state index contributed by atoms with van der Waals surface area (Å²) in [4.78, 5) is 0. The molecular formula is C18H22O. The predicted molar refractivity (Wildman–Crippen MR) is 80.2 cm³/mol. The Morgan fingerprint density at radius 2 is 1.74 bits per heavy atom. The summed E-state index contributed by atoms with van der Waals surface area (Å²) >= 11 is 0. The highest BCUT2D eigenvalue weighted by Gasteiger charge is 2.41.